The van der Waals surface area contributed by atoms with Crippen LogP contribution in [0.15, 0.2) is 29.6 Å². The molecule has 2 aromatic rings. The molecular weight excluding hydrogens is 380 g/mol. The number of ether oxygens (including phenoxy) is 1. The summed E-state index contributed by atoms with van der Waals surface area (Å²) < 4.78 is 5.12. The number of carbonyl (C=O) groups is 2. The van der Waals surface area contributed by atoms with Gasteiger partial charge >= 0.3 is 6.03 Å². The Bertz CT molecular complexity index is 781. The smallest absolute Gasteiger partial charge is 0.322 e. The number of hydrogen-bond acceptors (Lipinski definition) is 6. The fourth-order valence-corrected chi connectivity index (χ4v) is 3.23. The molecule has 0 aliphatic carbocycles. The number of hydrogen-bond donors (Lipinski definition) is 2. The van der Waals surface area contributed by atoms with Crippen LogP contribution in [0.4, 0.5) is 10.5 Å². The largest absolute Gasteiger partial charge is 0.383 e. The van der Waals surface area contributed by atoms with Gasteiger partial charge < -0.3 is 15.0 Å². The predicted molar refractivity (Wildman–Crippen MR) is 108 cm³/mol. The number of aryl methyl sites for hydroxylation is 1. The van der Waals surface area contributed by atoms with Crippen LogP contribution in [0.3, 0.4) is 0 Å². The van der Waals surface area contributed by atoms with Gasteiger partial charge in [0, 0.05) is 24.7 Å². The van der Waals surface area contributed by atoms with Crippen LogP contribution in [0.5, 0.6) is 0 Å². The molecule has 0 spiro atoms. The summed E-state index contributed by atoms with van der Waals surface area (Å²) in [5.74, 6) is -0.408. The SMILES string of the molecule is CCONC(=O)c1csc(CN(CCOC)C(=O)Nc2ccccc2CC)n1. The monoisotopic (exact) mass is 406 g/mol. The summed E-state index contributed by atoms with van der Waals surface area (Å²) in [5, 5.41) is 5.25. The lowest BCUT2D eigenvalue weighted by Gasteiger charge is -2.22. The second-order valence-electron chi connectivity index (χ2n) is 5.85. The first-order valence-corrected chi connectivity index (χ1v) is 9.96. The Morgan fingerprint density at radius 2 is 2.04 bits per heavy atom. The average molecular weight is 407 g/mol. The molecule has 0 fully saturated rings. The number of nitrogens with one attached hydrogen (secondary N) is 2. The number of nitrogens with zero attached hydrogens (tertiary/aromatic N) is 2. The molecule has 1 aromatic carbocycles. The first-order chi connectivity index (χ1) is 13.6. The Morgan fingerprint density at radius 3 is 2.75 bits per heavy atom. The van der Waals surface area contributed by atoms with Crippen LogP contribution < -0.4 is 10.8 Å². The number of aromatic nitrogens is 1. The zero-order valence-corrected chi connectivity index (χ0v) is 17.2. The van der Waals surface area contributed by atoms with E-state index in [4.69, 9.17) is 9.57 Å². The van der Waals surface area contributed by atoms with Crippen molar-refractivity contribution in [1.29, 1.82) is 0 Å². The van der Waals surface area contributed by atoms with Gasteiger partial charge in [-0.15, -0.1) is 11.3 Å². The molecule has 1 aromatic heterocycles. The molecule has 2 N–H and O–H groups in total. The van der Waals surface area contributed by atoms with E-state index in [1.165, 1.54) is 11.3 Å². The van der Waals surface area contributed by atoms with E-state index < -0.39 is 5.91 Å². The molecule has 0 atom stereocenters. The summed E-state index contributed by atoms with van der Waals surface area (Å²) in [6.07, 6.45) is 0.819. The molecule has 3 amide bonds. The molecule has 8 nitrogen and oxygen atoms in total. The minimum Gasteiger partial charge on any atom is -0.383 e. The maximum Gasteiger partial charge on any atom is 0.322 e. The van der Waals surface area contributed by atoms with Crippen molar-refractivity contribution in [2.24, 2.45) is 0 Å². The number of hydroxylamine groups is 1. The third-order valence-electron chi connectivity index (χ3n) is 3.91. The Morgan fingerprint density at radius 1 is 1.25 bits per heavy atom. The number of amides is 3. The van der Waals surface area contributed by atoms with E-state index in [1.54, 1.807) is 24.3 Å². The van der Waals surface area contributed by atoms with E-state index in [-0.39, 0.29) is 18.3 Å². The number of anilines is 1. The van der Waals surface area contributed by atoms with Gasteiger partial charge in [0.1, 0.15) is 10.7 Å². The van der Waals surface area contributed by atoms with E-state index in [2.05, 4.69) is 15.8 Å². The molecule has 0 saturated heterocycles. The van der Waals surface area contributed by atoms with Gasteiger partial charge in [0.2, 0.25) is 0 Å². The number of rotatable bonds is 10. The highest BCUT2D eigenvalue weighted by Crippen LogP contribution is 2.18. The molecule has 0 radical (unpaired) electrons. The van der Waals surface area contributed by atoms with Crippen LogP contribution in [0.1, 0.15) is 34.9 Å². The Kier molecular flexibility index (Phi) is 8.86. The summed E-state index contributed by atoms with van der Waals surface area (Å²) in [6, 6.07) is 7.46. The normalized spacial score (nSPS) is 10.5. The van der Waals surface area contributed by atoms with Gasteiger partial charge in [-0.3, -0.25) is 9.63 Å². The minimum atomic E-state index is -0.408. The van der Waals surface area contributed by atoms with Crippen molar-refractivity contribution in [3.63, 3.8) is 0 Å². The summed E-state index contributed by atoms with van der Waals surface area (Å²) >= 11 is 1.31. The molecule has 1 heterocycles. The highest BCUT2D eigenvalue weighted by molar-refractivity contribution is 7.09. The molecule has 0 saturated carbocycles. The van der Waals surface area contributed by atoms with Gasteiger partial charge in [-0.2, -0.15) is 0 Å². The van der Waals surface area contributed by atoms with E-state index in [0.29, 0.717) is 24.8 Å². The molecule has 9 heteroatoms. The first-order valence-electron chi connectivity index (χ1n) is 9.08. The van der Waals surface area contributed by atoms with Gasteiger partial charge in [-0.1, -0.05) is 25.1 Å². The van der Waals surface area contributed by atoms with Crippen molar-refractivity contribution >= 4 is 29.0 Å². The van der Waals surface area contributed by atoms with E-state index >= 15 is 0 Å². The standard InChI is InChI=1S/C19H26N4O4S/c1-4-14-8-6-7-9-15(14)21-19(25)23(10-11-26-3)12-17-20-16(13-28-17)18(24)22-27-5-2/h6-9,13H,4-5,10-12H2,1-3H3,(H,21,25)(H,22,24). The Hall–Kier alpha value is -2.49. The van der Waals surface area contributed by atoms with E-state index in [0.717, 1.165) is 17.7 Å². The molecule has 0 unspecified atom stereocenters. The molecule has 0 aliphatic heterocycles. The summed E-state index contributed by atoms with van der Waals surface area (Å²) in [5.41, 5.74) is 4.42. The van der Waals surface area contributed by atoms with Gasteiger partial charge in [-0.25, -0.2) is 15.3 Å². The number of carbonyl (C=O) groups excluding carboxylic acids is 2. The lowest BCUT2D eigenvalue weighted by Crippen LogP contribution is -2.37. The highest BCUT2D eigenvalue weighted by Gasteiger charge is 2.18. The lowest BCUT2D eigenvalue weighted by atomic mass is 10.1. The van der Waals surface area contributed by atoms with Crippen LogP contribution in [0.2, 0.25) is 0 Å². The van der Waals surface area contributed by atoms with Crippen molar-refractivity contribution in [2.75, 3.05) is 32.2 Å². The number of benzene rings is 1. The molecule has 152 valence electrons. The molecule has 0 bridgehead atoms. The fourth-order valence-electron chi connectivity index (χ4n) is 2.44. The maximum atomic E-state index is 12.8. The quantitative estimate of drug-likeness (QED) is 0.592. The van der Waals surface area contributed by atoms with Gasteiger partial charge in [0.15, 0.2) is 0 Å². The van der Waals surface area contributed by atoms with Crippen LogP contribution in [0, 0.1) is 0 Å². The van der Waals surface area contributed by atoms with Crippen LogP contribution >= 0.6 is 11.3 Å². The maximum absolute atomic E-state index is 12.8. The minimum absolute atomic E-state index is 0.242. The third-order valence-corrected chi connectivity index (χ3v) is 4.75. The predicted octanol–water partition coefficient (Wildman–Crippen LogP) is 3.07. The Labute approximate surface area is 168 Å². The van der Waals surface area contributed by atoms with Crippen LogP contribution in [0.25, 0.3) is 0 Å². The van der Waals surface area contributed by atoms with Crippen molar-refractivity contribution in [2.45, 2.75) is 26.8 Å². The molecular formula is C19H26N4O4S. The van der Waals surface area contributed by atoms with Gasteiger partial charge in [-0.05, 0) is 25.0 Å². The second kappa shape index (κ2) is 11.4. The third kappa shape index (κ3) is 6.29. The zero-order valence-electron chi connectivity index (χ0n) is 16.4. The highest BCUT2D eigenvalue weighted by atomic mass is 32.1. The van der Waals surface area contributed by atoms with Crippen molar-refractivity contribution < 1.29 is 19.2 Å². The molecule has 0 aliphatic rings. The summed E-state index contributed by atoms with van der Waals surface area (Å²) in [4.78, 5) is 35.5. The number of para-hydroxylation sites is 1. The van der Waals surface area contributed by atoms with E-state index in [1.807, 2.05) is 31.2 Å². The lowest BCUT2D eigenvalue weighted by molar-refractivity contribution is 0.0360. The van der Waals surface area contributed by atoms with Crippen LogP contribution in [-0.2, 0) is 22.5 Å². The summed E-state index contributed by atoms with van der Waals surface area (Å²) in [6.45, 7) is 5.25. The average Bonchev–Trinajstić information content (AvgIpc) is 3.18. The zero-order chi connectivity index (χ0) is 20.4. The van der Waals surface area contributed by atoms with Crippen molar-refractivity contribution in [3.05, 3.63) is 45.9 Å². The topological polar surface area (TPSA) is 92.8 Å². The molecule has 28 heavy (non-hydrogen) atoms. The first kappa shape index (κ1) is 21.8. The Balaban J connectivity index is 2.07. The van der Waals surface area contributed by atoms with Gasteiger partial charge in [0.25, 0.3) is 5.91 Å². The van der Waals surface area contributed by atoms with Gasteiger partial charge in [0.05, 0.1) is 19.8 Å². The number of urea groups is 1. The number of thiazole rings is 1. The van der Waals surface area contributed by atoms with Crippen molar-refractivity contribution in [1.82, 2.24) is 15.4 Å². The second-order valence-corrected chi connectivity index (χ2v) is 6.79. The van der Waals surface area contributed by atoms with E-state index in [9.17, 15) is 9.59 Å². The molecule has 2 rings (SSSR count). The fraction of sp³-hybridized carbons (Fsp3) is 0.421. The summed E-state index contributed by atoms with van der Waals surface area (Å²) in [7, 11) is 1.59. The number of methoxy groups -OCH3 is 1. The van der Waals surface area contributed by atoms with Crippen LogP contribution in [-0.4, -0.2) is 48.7 Å². The van der Waals surface area contributed by atoms with Crippen molar-refractivity contribution in [3.8, 4) is 0 Å².